The standard InChI is InChI=1S/C15H29NO3/c1-6-15(5,19)9-16-12-8-7-11(13(17)18)14(3,4)10(12)2/h10-12,16,19H,6-9H2,1-5H3,(H,17,18). The van der Waals surface area contributed by atoms with Crippen molar-refractivity contribution in [1.82, 2.24) is 5.32 Å². The fourth-order valence-corrected chi connectivity index (χ4v) is 3.00. The normalized spacial score (nSPS) is 33.7. The first-order chi connectivity index (χ1) is 8.62. The van der Waals surface area contributed by atoms with Crippen molar-refractivity contribution in [3.63, 3.8) is 0 Å². The van der Waals surface area contributed by atoms with Gasteiger partial charge in [-0.2, -0.15) is 0 Å². The zero-order chi connectivity index (χ0) is 14.8. The summed E-state index contributed by atoms with van der Waals surface area (Å²) < 4.78 is 0. The number of nitrogens with one attached hydrogen (secondary N) is 1. The Labute approximate surface area is 116 Å². The van der Waals surface area contributed by atoms with Crippen molar-refractivity contribution in [3.8, 4) is 0 Å². The molecule has 4 nitrogen and oxygen atoms in total. The molecular formula is C15H29NO3. The van der Waals surface area contributed by atoms with Crippen LogP contribution in [0.15, 0.2) is 0 Å². The van der Waals surface area contributed by atoms with Gasteiger partial charge in [0.2, 0.25) is 0 Å². The third-order valence-corrected chi connectivity index (χ3v) is 5.25. The summed E-state index contributed by atoms with van der Waals surface area (Å²) in [6, 6.07) is 0.281. The maximum absolute atomic E-state index is 11.3. The monoisotopic (exact) mass is 271 g/mol. The zero-order valence-corrected chi connectivity index (χ0v) is 12.9. The van der Waals surface area contributed by atoms with Crippen molar-refractivity contribution in [2.75, 3.05) is 6.54 Å². The van der Waals surface area contributed by atoms with E-state index in [1.165, 1.54) is 0 Å². The van der Waals surface area contributed by atoms with Crippen molar-refractivity contribution in [3.05, 3.63) is 0 Å². The second kappa shape index (κ2) is 5.80. The van der Waals surface area contributed by atoms with Gasteiger partial charge in [0.1, 0.15) is 0 Å². The number of hydrogen-bond donors (Lipinski definition) is 3. The summed E-state index contributed by atoms with van der Waals surface area (Å²) in [4.78, 5) is 11.3. The summed E-state index contributed by atoms with van der Waals surface area (Å²) >= 11 is 0. The van der Waals surface area contributed by atoms with Crippen LogP contribution in [-0.2, 0) is 4.79 Å². The van der Waals surface area contributed by atoms with Crippen LogP contribution in [0.1, 0.15) is 53.9 Å². The SMILES string of the molecule is CCC(C)(O)CNC1CCC(C(=O)O)C(C)(C)C1C. The lowest BCUT2D eigenvalue weighted by Gasteiger charge is -2.47. The molecule has 0 amide bonds. The molecular weight excluding hydrogens is 242 g/mol. The summed E-state index contributed by atoms with van der Waals surface area (Å²) in [7, 11) is 0. The molecule has 0 saturated heterocycles. The molecule has 1 aliphatic rings. The van der Waals surface area contributed by atoms with E-state index in [0.717, 1.165) is 6.42 Å². The second-order valence-electron chi connectivity index (χ2n) is 6.92. The fraction of sp³-hybridized carbons (Fsp3) is 0.933. The van der Waals surface area contributed by atoms with Gasteiger partial charge in [-0.05, 0) is 37.5 Å². The van der Waals surface area contributed by atoms with Crippen LogP contribution in [0.2, 0.25) is 0 Å². The van der Waals surface area contributed by atoms with E-state index in [1.807, 2.05) is 27.7 Å². The van der Waals surface area contributed by atoms with Crippen LogP contribution < -0.4 is 5.32 Å². The molecule has 0 radical (unpaired) electrons. The second-order valence-corrected chi connectivity index (χ2v) is 6.92. The zero-order valence-electron chi connectivity index (χ0n) is 12.9. The van der Waals surface area contributed by atoms with E-state index in [-0.39, 0.29) is 23.3 Å². The maximum atomic E-state index is 11.3. The van der Waals surface area contributed by atoms with Gasteiger partial charge in [0.05, 0.1) is 11.5 Å². The van der Waals surface area contributed by atoms with Crippen LogP contribution in [0.4, 0.5) is 0 Å². The van der Waals surface area contributed by atoms with E-state index in [4.69, 9.17) is 0 Å². The molecule has 0 aromatic carbocycles. The predicted molar refractivity (Wildman–Crippen MR) is 76.0 cm³/mol. The number of carboxylic acid groups (broad SMARTS) is 1. The number of carboxylic acids is 1. The number of aliphatic carboxylic acids is 1. The summed E-state index contributed by atoms with van der Waals surface area (Å²) in [5.74, 6) is -0.682. The van der Waals surface area contributed by atoms with E-state index in [0.29, 0.717) is 19.4 Å². The van der Waals surface area contributed by atoms with E-state index in [2.05, 4.69) is 12.2 Å². The molecule has 0 aromatic rings. The van der Waals surface area contributed by atoms with Crippen molar-refractivity contribution < 1.29 is 15.0 Å². The molecule has 1 saturated carbocycles. The van der Waals surface area contributed by atoms with Crippen molar-refractivity contribution in [2.24, 2.45) is 17.3 Å². The third kappa shape index (κ3) is 3.69. The van der Waals surface area contributed by atoms with E-state index in [9.17, 15) is 15.0 Å². The molecule has 1 aliphatic carbocycles. The number of carbonyl (C=O) groups is 1. The first kappa shape index (κ1) is 16.4. The average Bonchev–Trinajstić information content (AvgIpc) is 2.30. The van der Waals surface area contributed by atoms with Gasteiger partial charge in [-0.3, -0.25) is 4.79 Å². The minimum absolute atomic E-state index is 0.222. The van der Waals surface area contributed by atoms with Gasteiger partial charge in [-0.1, -0.05) is 27.7 Å². The lowest BCUT2D eigenvalue weighted by Crippen LogP contribution is -2.53. The number of aliphatic hydroxyl groups is 1. The minimum atomic E-state index is -0.687. The highest BCUT2D eigenvalue weighted by Gasteiger charge is 2.46. The third-order valence-electron chi connectivity index (χ3n) is 5.25. The molecule has 4 atom stereocenters. The van der Waals surface area contributed by atoms with Gasteiger partial charge in [0, 0.05) is 12.6 Å². The molecule has 1 rings (SSSR count). The molecule has 4 heteroatoms. The predicted octanol–water partition coefficient (Wildman–Crippen LogP) is 2.26. The smallest absolute Gasteiger partial charge is 0.307 e. The minimum Gasteiger partial charge on any atom is -0.481 e. The van der Waals surface area contributed by atoms with Crippen LogP contribution in [-0.4, -0.2) is 34.4 Å². The first-order valence-electron chi connectivity index (χ1n) is 7.30. The molecule has 19 heavy (non-hydrogen) atoms. The molecule has 1 fully saturated rings. The lowest BCUT2D eigenvalue weighted by atomic mass is 9.61. The van der Waals surface area contributed by atoms with Gasteiger partial charge < -0.3 is 15.5 Å². The highest BCUT2D eigenvalue weighted by molar-refractivity contribution is 5.71. The van der Waals surface area contributed by atoms with Crippen molar-refractivity contribution in [1.29, 1.82) is 0 Å². The Morgan fingerprint density at radius 3 is 2.47 bits per heavy atom. The Bertz CT molecular complexity index is 325. The van der Waals surface area contributed by atoms with Crippen LogP contribution in [0.5, 0.6) is 0 Å². The van der Waals surface area contributed by atoms with Crippen LogP contribution >= 0.6 is 0 Å². The fourth-order valence-electron chi connectivity index (χ4n) is 3.00. The Morgan fingerprint density at radius 2 is 2.00 bits per heavy atom. The first-order valence-corrected chi connectivity index (χ1v) is 7.30. The Balaban J connectivity index is 2.68. The molecule has 0 aliphatic heterocycles. The van der Waals surface area contributed by atoms with Crippen molar-refractivity contribution in [2.45, 2.75) is 65.5 Å². The molecule has 3 N–H and O–H groups in total. The molecule has 0 bridgehead atoms. The molecule has 0 heterocycles. The molecule has 0 aromatic heterocycles. The van der Waals surface area contributed by atoms with Gasteiger partial charge in [0.25, 0.3) is 0 Å². The van der Waals surface area contributed by atoms with E-state index in [1.54, 1.807) is 0 Å². The Morgan fingerprint density at radius 1 is 1.42 bits per heavy atom. The lowest BCUT2D eigenvalue weighted by molar-refractivity contribution is -0.150. The maximum Gasteiger partial charge on any atom is 0.307 e. The molecule has 112 valence electrons. The number of hydrogen-bond acceptors (Lipinski definition) is 3. The van der Waals surface area contributed by atoms with Crippen LogP contribution in [0.3, 0.4) is 0 Å². The van der Waals surface area contributed by atoms with Gasteiger partial charge >= 0.3 is 5.97 Å². The summed E-state index contributed by atoms with van der Waals surface area (Å²) in [6.45, 7) is 10.6. The van der Waals surface area contributed by atoms with E-state index >= 15 is 0 Å². The quantitative estimate of drug-likeness (QED) is 0.717. The number of rotatable bonds is 5. The molecule has 0 spiro atoms. The highest BCUT2D eigenvalue weighted by atomic mass is 16.4. The van der Waals surface area contributed by atoms with Crippen LogP contribution in [0, 0.1) is 17.3 Å². The van der Waals surface area contributed by atoms with Crippen LogP contribution in [0.25, 0.3) is 0 Å². The Hall–Kier alpha value is -0.610. The van der Waals surface area contributed by atoms with Gasteiger partial charge in [-0.25, -0.2) is 0 Å². The summed E-state index contributed by atoms with van der Waals surface area (Å²) in [5, 5.41) is 22.8. The highest BCUT2D eigenvalue weighted by Crippen LogP contribution is 2.45. The van der Waals surface area contributed by atoms with Crippen molar-refractivity contribution >= 4 is 5.97 Å². The summed E-state index contributed by atoms with van der Waals surface area (Å²) in [5.41, 5.74) is -0.909. The largest absolute Gasteiger partial charge is 0.481 e. The Kier molecular flexibility index (Phi) is 5.02. The average molecular weight is 271 g/mol. The topological polar surface area (TPSA) is 69.6 Å². The van der Waals surface area contributed by atoms with Gasteiger partial charge in [-0.15, -0.1) is 0 Å². The summed E-state index contributed by atoms with van der Waals surface area (Å²) in [6.07, 6.45) is 2.28. The van der Waals surface area contributed by atoms with Gasteiger partial charge in [0.15, 0.2) is 0 Å². The molecule has 4 unspecified atom stereocenters. The van der Waals surface area contributed by atoms with E-state index < -0.39 is 11.6 Å².